The van der Waals surface area contributed by atoms with Crippen LogP contribution in [0, 0.1) is 0 Å². The molecule has 0 unspecified atom stereocenters. The first-order valence-corrected chi connectivity index (χ1v) is 6.89. The quantitative estimate of drug-likeness (QED) is 0.878. The van der Waals surface area contributed by atoms with Gasteiger partial charge in [-0.05, 0) is 26.8 Å². The number of fused-ring (bicyclic) bond motifs is 1. The van der Waals surface area contributed by atoms with E-state index in [2.05, 4.69) is 5.32 Å². The Labute approximate surface area is 123 Å². The normalized spacial score (nSPS) is 11.4. The molecule has 1 heterocycles. The molecular formula is C16H20N2O3. The Kier molecular flexibility index (Phi) is 4.02. The highest BCUT2D eigenvalue weighted by molar-refractivity contribution is 6.08. The second kappa shape index (κ2) is 5.60. The number of ether oxygens (including phenoxy) is 1. The van der Waals surface area contributed by atoms with Crippen LogP contribution in [0.3, 0.4) is 0 Å². The zero-order valence-corrected chi connectivity index (χ0v) is 12.8. The molecule has 0 fully saturated rings. The molecule has 0 aliphatic carbocycles. The summed E-state index contributed by atoms with van der Waals surface area (Å²) in [5.41, 5.74) is 0.492. The summed E-state index contributed by atoms with van der Waals surface area (Å²) < 4.78 is 6.72. The first-order valence-electron chi connectivity index (χ1n) is 6.89. The van der Waals surface area contributed by atoms with Crippen molar-refractivity contribution in [1.82, 2.24) is 9.88 Å². The Morgan fingerprint density at radius 2 is 1.95 bits per heavy atom. The van der Waals surface area contributed by atoms with Gasteiger partial charge in [-0.15, -0.1) is 0 Å². The first-order chi connectivity index (χ1) is 9.90. The number of hydrogen-bond acceptors (Lipinski definition) is 3. The number of para-hydroxylation sites is 1. The van der Waals surface area contributed by atoms with Gasteiger partial charge in [0.1, 0.15) is 5.54 Å². The largest absolute Gasteiger partial charge is 0.467 e. The van der Waals surface area contributed by atoms with Gasteiger partial charge in [0.2, 0.25) is 0 Å². The van der Waals surface area contributed by atoms with Crippen LogP contribution in [0.1, 0.15) is 31.1 Å². The Morgan fingerprint density at radius 1 is 1.29 bits per heavy atom. The summed E-state index contributed by atoms with van der Waals surface area (Å²) in [6.07, 6.45) is 1.81. The number of rotatable bonds is 4. The Balaban J connectivity index is 2.38. The van der Waals surface area contributed by atoms with E-state index in [1.807, 2.05) is 42.0 Å². The van der Waals surface area contributed by atoms with Crippen molar-refractivity contribution in [3.8, 4) is 0 Å². The lowest BCUT2D eigenvalue weighted by molar-refractivity contribution is -0.146. The fourth-order valence-electron chi connectivity index (χ4n) is 2.35. The lowest BCUT2D eigenvalue weighted by atomic mass is 10.0. The van der Waals surface area contributed by atoms with Crippen LogP contribution in [0.5, 0.6) is 0 Å². The van der Waals surface area contributed by atoms with Crippen LogP contribution in [0.4, 0.5) is 0 Å². The van der Waals surface area contributed by atoms with Gasteiger partial charge in [0, 0.05) is 23.6 Å². The summed E-state index contributed by atoms with van der Waals surface area (Å²) in [7, 11) is 1.30. The van der Waals surface area contributed by atoms with E-state index in [1.165, 1.54) is 7.11 Å². The SMILES string of the molecule is CCn1cc(C(=O)NC(C)(C)C(=O)OC)c2ccccc21. The fraction of sp³-hybridized carbons (Fsp3) is 0.375. The van der Waals surface area contributed by atoms with Crippen LogP contribution in [0.15, 0.2) is 30.5 Å². The minimum atomic E-state index is -1.07. The highest BCUT2D eigenvalue weighted by Gasteiger charge is 2.31. The van der Waals surface area contributed by atoms with Crippen molar-refractivity contribution in [2.75, 3.05) is 7.11 Å². The molecule has 1 N–H and O–H groups in total. The molecule has 0 aliphatic heterocycles. The maximum atomic E-state index is 12.5. The second-order valence-corrected chi connectivity index (χ2v) is 5.42. The number of carbonyl (C=O) groups is 2. The number of hydrogen-bond donors (Lipinski definition) is 1. The number of aromatic nitrogens is 1. The monoisotopic (exact) mass is 288 g/mol. The topological polar surface area (TPSA) is 60.3 Å². The van der Waals surface area contributed by atoms with Gasteiger partial charge in [-0.25, -0.2) is 4.79 Å². The van der Waals surface area contributed by atoms with Gasteiger partial charge in [0.15, 0.2) is 0 Å². The van der Waals surface area contributed by atoms with Crippen molar-refractivity contribution in [2.24, 2.45) is 0 Å². The standard InChI is InChI=1S/C16H20N2O3/c1-5-18-10-12(11-8-6-7-9-13(11)18)14(19)17-16(2,3)15(20)21-4/h6-10H,5H2,1-4H3,(H,17,19). The molecule has 0 atom stereocenters. The maximum absolute atomic E-state index is 12.5. The van der Waals surface area contributed by atoms with E-state index in [4.69, 9.17) is 4.74 Å². The molecule has 2 rings (SSSR count). The second-order valence-electron chi connectivity index (χ2n) is 5.42. The average Bonchev–Trinajstić information content (AvgIpc) is 2.84. The summed E-state index contributed by atoms with van der Waals surface area (Å²) >= 11 is 0. The molecule has 5 heteroatoms. The van der Waals surface area contributed by atoms with Crippen LogP contribution in [0.2, 0.25) is 0 Å². The number of aryl methyl sites for hydroxylation is 1. The van der Waals surface area contributed by atoms with E-state index in [0.29, 0.717) is 5.56 Å². The lowest BCUT2D eigenvalue weighted by Gasteiger charge is -2.22. The number of esters is 1. The van der Waals surface area contributed by atoms with E-state index in [0.717, 1.165) is 17.4 Å². The molecule has 2 aromatic rings. The van der Waals surface area contributed by atoms with E-state index < -0.39 is 11.5 Å². The van der Waals surface area contributed by atoms with Crippen LogP contribution >= 0.6 is 0 Å². The zero-order valence-electron chi connectivity index (χ0n) is 12.8. The smallest absolute Gasteiger partial charge is 0.330 e. The molecular weight excluding hydrogens is 268 g/mol. The van der Waals surface area contributed by atoms with Crippen molar-refractivity contribution in [2.45, 2.75) is 32.9 Å². The van der Waals surface area contributed by atoms with Gasteiger partial charge in [0.05, 0.1) is 12.7 Å². The number of benzene rings is 1. The van der Waals surface area contributed by atoms with Crippen molar-refractivity contribution >= 4 is 22.8 Å². The van der Waals surface area contributed by atoms with Crippen LogP contribution in [0.25, 0.3) is 10.9 Å². The van der Waals surface area contributed by atoms with Crippen LogP contribution < -0.4 is 5.32 Å². The Morgan fingerprint density at radius 3 is 2.57 bits per heavy atom. The van der Waals surface area contributed by atoms with Crippen LogP contribution in [-0.4, -0.2) is 29.1 Å². The summed E-state index contributed by atoms with van der Waals surface area (Å²) in [5, 5.41) is 3.60. The highest BCUT2D eigenvalue weighted by atomic mass is 16.5. The summed E-state index contributed by atoms with van der Waals surface area (Å²) in [6.45, 7) is 6.03. The average molecular weight is 288 g/mol. The third kappa shape index (κ3) is 2.77. The third-order valence-corrected chi connectivity index (χ3v) is 3.50. The molecule has 0 saturated heterocycles. The van der Waals surface area contributed by atoms with E-state index in [9.17, 15) is 9.59 Å². The van der Waals surface area contributed by atoms with Crippen LogP contribution in [-0.2, 0) is 16.1 Å². The minimum absolute atomic E-state index is 0.284. The van der Waals surface area contributed by atoms with E-state index in [1.54, 1.807) is 13.8 Å². The lowest BCUT2D eigenvalue weighted by Crippen LogP contribution is -2.50. The maximum Gasteiger partial charge on any atom is 0.330 e. The van der Waals surface area contributed by atoms with Gasteiger partial charge < -0.3 is 14.6 Å². The van der Waals surface area contributed by atoms with E-state index >= 15 is 0 Å². The van der Waals surface area contributed by atoms with Gasteiger partial charge in [0.25, 0.3) is 5.91 Å². The summed E-state index contributed by atoms with van der Waals surface area (Å²) in [6, 6.07) is 7.71. The van der Waals surface area contributed by atoms with Gasteiger partial charge in [-0.3, -0.25) is 4.79 Å². The minimum Gasteiger partial charge on any atom is -0.467 e. The molecule has 0 aliphatic rings. The fourth-order valence-corrected chi connectivity index (χ4v) is 2.35. The molecule has 0 spiro atoms. The van der Waals surface area contributed by atoms with Crippen molar-refractivity contribution in [3.63, 3.8) is 0 Å². The highest BCUT2D eigenvalue weighted by Crippen LogP contribution is 2.22. The molecule has 112 valence electrons. The van der Waals surface area contributed by atoms with E-state index in [-0.39, 0.29) is 5.91 Å². The predicted molar refractivity (Wildman–Crippen MR) is 81.2 cm³/mol. The van der Waals surface area contributed by atoms with Gasteiger partial charge in [-0.2, -0.15) is 0 Å². The number of amides is 1. The molecule has 0 saturated carbocycles. The molecule has 5 nitrogen and oxygen atoms in total. The number of carbonyl (C=O) groups excluding carboxylic acids is 2. The predicted octanol–water partition coefficient (Wildman–Crippen LogP) is 2.34. The number of methoxy groups -OCH3 is 1. The summed E-state index contributed by atoms with van der Waals surface area (Å²) in [4.78, 5) is 24.2. The zero-order chi connectivity index (χ0) is 15.6. The molecule has 0 bridgehead atoms. The van der Waals surface area contributed by atoms with Gasteiger partial charge in [-0.1, -0.05) is 18.2 Å². The third-order valence-electron chi connectivity index (χ3n) is 3.50. The van der Waals surface area contributed by atoms with Crippen molar-refractivity contribution < 1.29 is 14.3 Å². The molecule has 1 amide bonds. The molecule has 1 aromatic heterocycles. The molecule has 0 radical (unpaired) electrons. The summed E-state index contributed by atoms with van der Waals surface area (Å²) in [5.74, 6) is -0.760. The van der Waals surface area contributed by atoms with Crippen molar-refractivity contribution in [1.29, 1.82) is 0 Å². The molecule has 21 heavy (non-hydrogen) atoms. The van der Waals surface area contributed by atoms with Crippen molar-refractivity contribution in [3.05, 3.63) is 36.0 Å². The Hall–Kier alpha value is -2.30. The number of nitrogens with zero attached hydrogens (tertiary/aromatic N) is 1. The first kappa shape index (κ1) is 15.1. The van der Waals surface area contributed by atoms with Gasteiger partial charge >= 0.3 is 5.97 Å². The Bertz CT molecular complexity index is 686. The number of nitrogens with one attached hydrogen (secondary N) is 1. The molecule has 1 aromatic carbocycles.